The molecule has 0 amide bonds. The van der Waals surface area contributed by atoms with Crippen LogP contribution in [-0.4, -0.2) is 36.6 Å². The lowest BCUT2D eigenvalue weighted by molar-refractivity contribution is 0.0527. The summed E-state index contributed by atoms with van der Waals surface area (Å²) < 4.78 is 4.95. The predicted molar refractivity (Wildman–Crippen MR) is 79.7 cm³/mol. The molecule has 1 atom stereocenters. The fourth-order valence-electron chi connectivity index (χ4n) is 2.39. The van der Waals surface area contributed by atoms with Crippen LogP contribution in [0, 0.1) is 0 Å². The maximum Gasteiger partial charge on any atom is 0.340 e. The molecule has 0 spiro atoms. The molecule has 1 fully saturated rings. The van der Waals surface area contributed by atoms with Crippen molar-refractivity contribution in [3.8, 4) is 0 Å². The van der Waals surface area contributed by atoms with Gasteiger partial charge in [-0.25, -0.2) is 4.79 Å². The lowest BCUT2D eigenvalue weighted by atomic mass is 10.1. The standard InChI is InChI=1S/C14H20ClN3O2/c1-2-20-14(19)11-6-12(15)9(5-13(11)17)7-18-4-3-10(16)8-18/h5-6,10H,2-4,7-8,16-17H2,1H3. The van der Waals surface area contributed by atoms with Gasteiger partial charge in [-0.15, -0.1) is 0 Å². The molecule has 0 aromatic heterocycles. The average Bonchev–Trinajstić information content (AvgIpc) is 2.79. The van der Waals surface area contributed by atoms with E-state index in [1.807, 2.05) is 0 Å². The van der Waals surface area contributed by atoms with Crippen LogP contribution in [0.15, 0.2) is 12.1 Å². The van der Waals surface area contributed by atoms with E-state index in [0.29, 0.717) is 29.4 Å². The van der Waals surface area contributed by atoms with E-state index in [9.17, 15) is 4.79 Å². The molecule has 1 unspecified atom stereocenters. The van der Waals surface area contributed by atoms with Gasteiger partial charge in [0.05, 0.1) is 12.2 Å². The molecule has 4 N–H and O–H groups in total. The Balaban J connectivity index is 2.15. The molecule has 1 aromatic rings. The first-order valence-electron chi connectivity index (χ1n) is 6.74. The van der Waals surface area contributed by atoms with Crippen LogP contribution in [0.25, 0.3) is 0 Å². The number of nitrogens with zero attached hydrogens (tertiary/aromatic N) is 1. The Bertz CT molecular complexity index is 507. The quantitative estimate of drug-likeness (QED) is 0.652. The summed E-state index contributed by atoms with van der Waals surface area (Å²) in [5, 5.41) is 0.530. The molecule has 1 aliphatic rings. The highest BCUT2D eigenvalue weighted by atomic mass is 35.5. The SMILES string of the molecule is CCOC(=O)c1cc(Cl)c(CN2CCC(N)C2)cc1N. The Kier molecular flexibility index (Phi) is 4.86. The minimum atomic E-state index is -0.443. The highest BCUT2D eigenvalue weighted by Gasteiger charge is 2.21. The normalized spacial score (nSPS) is 19.2. The number of benzene rings is 1. The van der Waals surface area contributed by atoms with E-state index in [0.717, 1.165) is 25.1 Å². The van der Waals surface area contributed by atoms with E-state index in [1.165, 1.54) is 0 Å². The third-order valence-electron chi connectivity index (χ3n) is 3.42. The van der Waals surface area contributed by atoms with E-state index in [4.69, 9.17) is 27.8 Å². The molecule has 0 bridgehead atoms. The largest absolute Gasteiger partial charge is 0.462 e. The number of esters is 1. The Morgan fingerprint density at radius 3 is 2.90 bits per heavy atom. The number of carbonyl (C=O) groups excluding carboxylic acids is 1. The van der Waals surface area contributed by atoms with Gasteiger partial charge in [0, 0.05) is 36.4 Å². The molecule has 0 aliphatic carbocycles. The zero-order valence-corrected chi connectivity index (χ0v) is 12.3. The van der Waals surface area contributed by atoms with Gasteiger partial charge in [-0.1, -0.05) is 11.6 Å². The third-order valence-corrected chi connectivity index (χ3v) is 3.77. The van der Waals surface area contributed by atoms with Crippen LogP contribution in [0.4, 0.5) is 5.69 Å². The minimum absolute atomic E-state index is 0.227. The van der Waals surface area contributed by atoms with Gasteiger partial charge < -0.3 is 16.2 Å². The van der Waals surface area contributed by atoms with E-state index >= 15 is 0 Å². The zero-order valence-electron chi connectivity index (χ0n) is 11.6. The molecule has 1 aliphatic heterocycles. The van der Waals surface area contributed by atoms with Gasteiger partial charge in [0.2, 0.25) is 0 Å². The van der Waals surface area contributed by atoms with Crippen LogP contribution in [0.1, 0.15) is 29.3 Å². The number of nitrogen functional groups attached to an aromatic ring is 1. The summed E-state index contributed by atoms with van der Waals surface area (Å²) in [6.07, 6.45) is 0.994. The monoisotopic (exact) mass is 297 g/mol. The van der Waals surface area contributed by atoms with Crippen molar-refractivity contribution in [2.45, 2.75) is 25.9 Å². The van der Waals surface area contributed by atoms with Crippen LogP contribution < -0.4 is 11.5 Å². The van der Waals surface area contributed by atoms with Crippen molar-refractivity contribution in [1.29, 1.82) is 0 Å². The van der Waals surface area contributed by atoms with Crippen molar-refractivity contribution in [2.75, 3.05) is 25.4 Å². The number of hydrogen-bond donors (Lipinski definition) is 2. The van der Waals surface area contributed by atoms with Crippen LogP contribution in [-0.2, 0) is 11.3 Å². The zero-order chi connectivity index (χ0) is 14.7. The predicted octanol–water partition coefficient (Wildman–Crippen LogP) is 1.63. The molecule has 20 heavy (non-hydrogen) atoms. The number of hydrogen-bond acceptors (Lipinski definition) is 5. The number of nitrogens with two attached hydrogens (primary N) is 2. The fraction of sp³-hybridized carbons (Fsp3) is 0.500. The smallest absolute Gasteiger partial charge is 0.340 e. The topological polar surface area (TPSA) is 81.6 Å². The Hall–Kier alpha value is -1.30. The first kappa shape index (κ1) is 15.1. The van der Waals surface area contributed by atoms with Gasteiger partial charge in [-0.3, -0.25) is 4.90 Å². The first-order valence-corrected chi connectivity index (χ1v) is 7.12. The van der Waals surface area contributed by atoms with Crippen LogP contribution in [0.2, 0.25) is 5.02 Å². The van der Waals surface area contributed by atoms with Gasteiger partial charge in [-0.05, 0) is 31.0 Å². The van der Waals surface area contributed by atoms with Crippen molar-refractivity contribution >= 4 is 23.3 Å². The summed E-state index contributed by atoms with van der Waals surface area (Å²) >= 11 is 6.24. The molecular weight excluding hydrogens is 278 g/mol. The summed E-state index contributed by atoms with van der Waals surface area (Å²) in [6.45, 7) is 4.57. The van der Waals surface area contributed by atoms with E-state index in [2.05, 4.69) is 4.90 Å². The Morgan fingerprint density at radius 1 is 1.55 bits per heavy atom. The van der Waals surface area contributed by atoms with Gasteiger partial charge in [0.15, 0.2) is 0 Å². The summed E-state index contributed by atoms with van der Waals surface area (Å²) in [7, 11) is 0. The van der Waals surface area contributed by atoms with Crippen LogP contribution >= 0.6 is 11.6 Å². The van der Waals surface area contributed by atoms with Crippen LogP contribution in [0.3, 0.4) is 0 Å². The van der Waals surface area contributed by atoms with Crippen molar-refractivity contribution in [1.82, 2.24) is 4.90 Å². The van der Waals surface area contributed by atoms with E-state index < -0.39 is 5.97 Å². The van der Waals surface area contributed by atoms with Gasteiger partial charge in [0.1, 0.15) is 0 Å². The lowest BCUT2D eigenvalue weighted by Gasteiger charge is -2.17. The molecule has 1 heterocycles. The molecule has 110 valence electrons. The number of halogens is 1. The molecule has 1 aromatic carbocycles. The van der Waals surface area contributed by atoms with Crippen molar-refractivity contribution in [2.24, 2.45) is 5.73 Å². The number of anilines is 1. The Morgan fingerprint density at radius 2 is 2.30 bits per heavy atom. The Labute approximate surface area is 123 Å². The highest BCUT2D eigenvalue weighted by Crippen LogP contribution is 2.26. The number of ether oxygens (including phenoxy) is 1. The third kappa shape index (κ3) is 3.42. The maximum absolute atomic E-state index is 11.7. The second kappa shape index (κ2) is 6.43. The van der Waals surface area contributed by atoms with E-state index in [1.54, 1.807) is 19.1 Å². The van der Waals surface area contributed by atoms with Crippen LogP contribution in [0.5, 0.6) is 0 Å². The summed E-state index contributed by atoms with van der Waals surface area (Å²) in [5.74, 6) is -0.443. The summed E-state index contributed by atoms with van der Waals surface area (Å²) in [5.41, 5.74) is 13.4. The second-order valence-corrected chi connectivity index (χ2v) is 5.44. The maximum atomic E-state index is 11.7. The van der Waals surface area contributed by atoms with Gasteiger partial charge in [-0.2, -0.15) is 0 Å². The number of carbonyl (C=O) groups is 1. The molecule has 2 rings (SSSR count). The minimum Gasteiger partial charge on any atom is -0.462 e. The molecule has 1 saturated heterocycles. The molecule has 5 nitrogen and oxygen atoms in total. The summed E-state index contributed by atoms with van der Waals surface area (Å²) in [4.78, 5) is 14.0. The average molecular weight is 298 g/mol. The van der Waals surface area contributed by atoms with Gasteiger partial charge >= 0.3 is 5.97 Å². The lowest BCUT2D eigenvalue weighted by Crippen LogP contribution is -2.26. The summed E-state index contributed by atoms with van der Waals surface area (Å²) in [6, 6.07) is 3.56. The first-order chi connectivity index (χ1) is 9.51. The highest BCUT2D eigenvalue weighted by molar-refractivity contribution is 6.32. The number of likely N-dealkylation sites (tertiary alicyclic amines) is 1. The molecular formula is C14H20ClN3O2. The van der Waals surface area contributed by atoms with Crippen molar-refractivity contribution in [3.63, 3.8) is 0 Å². The molecule has 0 radical (unpaired) electrons. The van der Waals surface area contributed by atoms with E-state index in [-0.39, 0.29) is 6.04 Å². The second-order valence-electron chi connectivity index (χ2n) is 5.04. The fourth-order valence-corrected chi connectivity index (χ4v) is 2.61. The van der Waals surface area contributed by atoms with Crippen molar-refractivity contribution < 1.29 is 9.53 Å². The molecule has 6 heteroatoms. The number of rotatable bonds is 4. The molecule has 0 saturated carbocycles. The van der Waals surface area contributed by atoms with Gasteiger partial charge in [0.25, 0.3) is 0 Å². The van der Waals surface area contributed by atoms with Crippen molar-refractivity contribution in [3.05, 3.63) is 28.3 Å².